The van der Waals surface area contributed by atoms with Gasteiger partial charge in [-0.25, -0.2) is 0 Å². The molecule has 7 nitrogen and oxygen atoms in total. The van der Waals surface area contributed by atoms with Gasteiger partial charge in [-0.2, -0.15) is 0 Å². The zero-order valence-corrected chi connectivity index (χ0v) is 20.3. The molecule has 0 aromatic carbocycles. The summed E-state index contributed by atoms with van der Waals surface area (Å²) in [5.41, 5.74) is 0. The molecular weight excluding hydrogens is 400 g/mol. The molecular formula is C24H46O7. The van der Waals surface area contributed by atoms with Gasteiger partial charge in [0, 0.05) is 33.4 Å². The van der Waals surface area contributed by atoms with E-state index in [0.717, 1.165) is 51.4 Å². The number of aliphatic hydroxyl groups excluding tert-OH is 1. The highest BCUT2D eigenvalue weighted by Gasteiger charge is 2.54. The molecule has 0 bridgehead atoms. The van der Waals surface area contributed by atoms with Gasteiger partial charge in [-0.3, -0.25) is 4.79 Å². The smallest absolute Gasteiger partial charge is 0.303 e. The van der Waals surface area contributed by atoms with Crippen LogP contribution in [0.3, 0.4) is 0 Å². The van der Waals surface area contributed by atoms with Crippen molar-refractivity contribution in [2.24, 2.45) is 0 Å². The van der Waals surface area contributed by atoms with Gasteiger partial charge >= 0.3 is 5.97 Å². The van der Waals surface area contributed by atoms with E-state index >= 15 is 0 Å². The lowest BCUT2D eigenvalue weighted by Gasteiger charge is -2.48. The molecule has 184 valence electrons. The fourth-order valence-corrected chi connectivity index (χ4v) is 3.68. The van der Waals surface area contributed by atoms with Gasteiger partial charge in [0.1, 0.15) is 30.5 Å². The fourth-order valence-electron chi connectivity index (χ4n) is 3.68. The van der Waals surface area contributed by atoms with Crippen LogP contribution < -0.4 is 0 Å². The first-order valence-corrected chi connectivity index (χ1v) is 12.3. The molecule has 1 fully saturated rings. The van der Waals surface area contributed by atoms with Crippen molar-refractivity contribution in [3.8, 4) is 0 Å². The second-order valence-electron chi connectivity index (χ2n) is 8.32. The fraction of sp³-hybridized carbons (Fsp3) is 0.958. The van der Waals surface area contributed by atoms with E-state index in [2.05, 4.69) is 27.7 Å². The molecule has 0 aromatic rings. The highest BCUT2D eigenvalue weighted by atomic mass is 16.6. The summed E-state index contributed by atoms with van der Waals surface area (Å²) in [7, 11) is 0. The van der Waals surface area contributed by atoms with Gasteiger partial charge in [0.05, 0.1) is 0 Å². The van der Waals surface area contributed by atoms with Gasteiger partial charge in [-0.05, 0) is 25.7 Å². The molecule has 0 radical (unpaired) electrons. The molecule has 0 aromatic heterocycles. The van der Waals surface area contributed by atoms with E-state index in [4.69, 9.17) is 23.7 Å². The summed E-state index contributed by atoms with van der Waals surface area (Å²) in [6.07, 6.45) is 3.38. The van der Waals surface area contributed by atoms with Crippen molar-refractivity contribution in [2.45, 2.75) is 123 Å². The maximum absolute atomic E-state index is 11.9. The number of ether oxygens (including phenoxy) is 5. The molecule has 1 saturated carbocycles. The van der Waals surface area contributed by atoms with E-state index in [-0.39, 0.29) is 0 Å². The summed E-state index contributed by atoms with van der Waals surface area (Å²) in [5, 5.41) is 11.2. The van der Waals surface area contributed by atoms with Crippen LogP contribution in [-0.2, 0) is 28.5 Å². The van der Waals surface area contributed by atoms with Crippen LogP contribution in [0.25, 0.3) is 0 Å². The third kappa shape index (κ3) is 9.74. The minimum atomic E-state index is -1.05. The number of hydrogen-bond donors (Lipinski definition) is 1. The third-order valence-electron chi connectivity index (χ3n) is 5.50. The number of carbonyl (C=O) groups is 1. The number of rotatable bonds is 17. The Labute approximate surface area is 189 Å². The van der Waals surface area contributed by atoms with Gasteiger partial charge in [-0.1, -0.05) is 53.4 Å². The van der Waals surface area contributed by atoms with E-state index in [9.17, 15) is 9.90 Å². The molecule has 31 heavy (non-hydrogen) atoms. The predicted molar refractivity (Wildman–Crippen MR) is 120 cm³/mol. The van der Waals surface area contributed by atoms with Crippen LogP contribution in [0.5, 0.6) is 0 Å². The highest BCUT2D eigenvalue weighted by Crippen LogP contribution is 2.33. The first kappa shape index (κ1) is 28.3. The van der Waals surface area contributed by atoms with Crippen LogP contribution >= 0.6 is 0 Å². The second-order valence-corrected chi connectivity index (χ2v) is 8.32. The number of aliphatic hydroxyl groups is 1. The number of unbranched alkanes of at least 4 members (excludes halogenated alkanes) is 4. The average Bonchev–Trinajstić information content (AvgIpc) is 2.74. The molecule has 6 atom stereocenters. The Balaban J connectivity index is 3.20. The standard InChI is InChI=1S/C24H46O7/c1-6-10-14-27-20-19(26)21(31-18(5)25)23(29-16-12-8-3)24(30-17-13-9-4)22(20)28-15-11-7-2/h19-24,26H,6-17H2,1-5H3/t19?,20?,21-,22+,23?,24?/m0/s1. The van der Waals surface area contributed by atoms with E-state index < -0.39 is 42.6 Å². The average molecular weight is 447 g/mol. The van der Waals surface area contributed by atoms with E-state index in [1.54, 1.807) is 0 Å². The zero-order chi connectivity index (χ0) is 23.1. The summed E-state index contributed by atoms with van der Waals surface area (Å²) in [4.78, 5) is 11.9. The summed E-state index contributed by atoms with van der Waals surface area (Å²) < 4.78 is 30.3. The Morgan fingerprint density at radius 1 is 0.613 bits per heavy atom. The Morgan fingerprint density at radius 2 is 0.935 bits per heavy atom. The summed E-state index contributed by atoms with van der Waals surface area (Å²) >= 11 is 0. The molecule has 0 amide bonds. The number of hydrogen-bond acceptors (Lipinski definition) is 7. The van der Waals surface area contributed by atoms with Crippen LogP contribution in [0, 0.1) is 0 Å². The largest absolute Gasteiger partial charge is 0.457 e. The molecule has 4 unspecified atom stereocenters. The van der Waals surface area contributed by atoms with Crippen LogP contribution in [0.15, 0.2) is 0 Å². The van der Waals surface area contributed by atoms with Crippen LogP contribution in [0.2, 0.25) is 0 Å². The minimum Gasteiger partial charge on any atom is -0.457 e. The lowest BCUT2D eigenvalue weighted by atomic mass is 9.83. The van der Waals surface area contributed by atoms with E-state index in [1.165, 1.54) is 6.92 Å². The van der Waals surface area contributed by atoms with E-state index in [1.807, 2.05) is 0 Å². The summed E-state index contributed by atoms with van der Waals surface area (Å²) in [5.74, 6) is -0.460. The normalized spacial score (nSPS) is 28.6. The van der Waals surface area contributed by atoms with Crippen molar-refractivity contribution in [3.05, 3.63) is 0 Å². The maximum Gasteiger partial charge on any atom is 0.303 e. The molecule has 0 heterocycles. The SMILES string of the molecule is CCCCOC1C(O)[C@H](OC(C)=O)C(OCCCC)C(OCCCC)[C@@H]1OCCCC. The van der Waals surface area contributed by atoms with E-state index in [0.29, 0.717) is 26.4 Å². The monoisotopic (exact) mass is 446 g/mol. The van der Waals surface area contributed by atoms with Crippen molar-refractivity contribution in [3.63, 3.8) is 0 Å². The van der Waals surface area contributed by atoms with Crippen molar-refractivity contribution >= 4 is 5.97 Å². The third-order valence-corrected chi connectivity index (χ3v) is 5.50. The molecule has 0 saturated heterocycles. The van der Waals surface area contributed by atoms with Crippen LogP contribution in [-0.4, -0.2) is 74.1 Å². The molecule has 1 rings (SSSR count). The Hall–Kier alpha value is -0.730. The molecule has 0 aliphatic heterocycles. The lowest BCUT2D eigenvalue weighted by molar-refractivity contribution is -0.270. The predicted octanol–water partition coefficient (Wildman–Crippen LogP) is 4.03. The van der Waals surface area contributed by atoms with Crippen molar-refractivity contribution < 1.29 is 33.6 Å². The van der Waals surface area contributed by atoms with Crippen molar-refractivity contribution in [1.29, 1.82) is 0 Å². The number of carbonyl (C=O) groups excluding carboxylic acids is 1. The first-order chi connectivity index (χ1) is 15.0. The summed E-state index contributed by atoms with van der Waals surface area (Å²) in [6, 6.07) is 0. The van der Waals surface area contributed by atoms with Crippen molar-refractivity contribution in [2.75, 3.05) is 26.4 Å². The second kappa shape index (κ2) is 16.8. The quantitative estimate of drug-likeness (QED) is 0.267. The molecule has 1 aliphatic rings. The van der Waals surface area contributed by atoms with Gasteiger partial charge < -0.3 is 28.8 Å². The molecule has 7 heteroatoms. The zero-order valence-electron chi connectivity index (χ0n) is 20.3. The van der Waals surface area contributed by atoms with Gasteiger partial charge in [-0.15, -0.1) is 0 Å². The van der Waals surface area contributed by atoms with Crippen LogP contribution in [0.1, 0.15) is 86.0 Å². The van der Waals surface area contributed by atoms with Crippen molar-refractivity contribution in [1.82, 2.24) is 0 Å². The Bertz CT molecular complexity index is 459. The van der Waals surface area contributed by atoms with Gasteiger partial charge in [0.2, 0.25) is 0 Å². The summed E-state index contributed by atoms with van der Waals surface area (Å²) in [6.45, 7) is 11.8. The topological polar surface area (TPSA) is 83.5 Å². The molecule has 1 aliphatic carbocycles. The molecule has 0 spiro atoms. The minimum absolute atomic E-state index is 0.460. The Kier molecular flexibility index (Phi) is 15.4. The van der Waals surface area contributed by atoms with Gasteiger partial charge in [0.25, 0.3) is 0 Å². The lowest BCUT2D eigenvalue weighted by Crippen LogP contribution is -2.67. The molecule has 1 N–H and O–H groups in total. The first-order valence-electron chi connectivity index (χ1n) is 12.3. The number of esters is 1. The highest BCUT2D eigenvalue weighted by molar-refractivity contribution is 5.66. The maximum atomic E-state index is 11.9. The van der Waals surface area contributed by atoms with Crippen LogP contribution in [0.4, 0.5) is 0 Å². The van der Waals surface area contributed by atoms with Gasteiger partial charge in [0.15, 0.2) is 6.10 Å². The Morgan fingerprint density at radius 3 is 1.29 bits per heavy atom.